The fourth-order valence-electron chi connectivity index (χ4n) is 2.52. The van der Waals surface area contributed by atoms with Crippen LogP contribution >= 0.6 is 28.3 Å². The molecule has 1 saturated carbocycles. The number of hydrogen-bond donors (Lipinski definition) is 2. The van der Waals surface area contributed by atoms with Gasteiger partial charge in [-0.25, -0.2) is 0 Å². The van der Waals surface area contributed by atoms with Gasteiger partial charge in [0.2, 0.25) is 5.91 Å². The molecule has 0 unspecified atom stereocenters. The molecular formula is C15H22BrClN2O2. The Balaban J connectivity index is 0.00000220. The highest BCUT2D eigenvalue weighted by molar-refractivity contribution is 9.10. The van der Waals surface area contributed by atoms with Gasteiger partial charge in [0.1, 0.15) is 12.4 Å². The average molecular weight is 378 g/mol. The lowest BCUT2D eigenvalue weighted by Crippen LogP contribution is -2.33. The Kier molecular flexibility index (Phi) is 8.07. The molecule has 0 aromatic heterocycles. The number of halogens is 2. The molecule has 0 bridgehead atoms. The molecule has 0 spiro atoms. The molecule has 0 heterocycles. The van der Waals surface area contributed by atoms with Crippen LogP contribution in [0.4, 0.5) is 0 Å². The van der Waals surface area contributed by atoms with E-state index in [0.29, 0.717) is 25.5 Å². The molecule has 1 aliphatic rings. The zero-order valence-electron chi connectivity index (χ0n) is 11.9. The second-order valence-electron chi connectivity index (χ2n) is 5.21. The Morgan fingerprint density at radius 2 is 2.05 bits per heavy atom. The van der Waals surface area contributed by atoms with E-state index in [1.807, 2.05) is 24.3 Å². The summed E-state index contributed by atoms with van der Waals surface area (Å²) in [6.45, 7) is 1.00. The number of carbonyl (C=O) groups excluding carboxylic acids is 1. The summed E-state index contributed by atoms with van der Waals surface area (Å²) < 4.78 is 6.56. The summed E-state index contributed by atoms with van der Waals surface area (Å²) in [5.41, 5.74) is 5.96. The SMILES string of the molecule is Cl.N[C@@H]1CCC[C@H]1CC(=O)NCCOc1ccc(Br)cc1. The predicted molar refractivity (Wildman–Crippen MR) is 89.8 cm³/mol. The second-order valence-corrected chi connectivity index (χ2v) is 6.13. The van der Waals surface area contributed by atoms with E-state index in [4.69, 9.17) is 10.5 Å². The second kappa shape index (κ2) is 9.28. The van der Waals surface area contributed by atoms with E-state index in [1.54, 1.807) is 0 Å². The summed E-state index contributed by atoms with van der Waals surface area (Å²) in [6.07, 6.45) is 3.81. The van der Waals surface area contributed by atoms with Crippen LogP contribution in [0.25, 0.3) is 0 Å². The molecular weight excluding hydrogens is 356 g/mol. The number of hydrogen-bond acceptors (Lipinski definition) is 3. The maximum atomic E-state index is 11.8. The van der Waals surface area contributed by atoms with E-state index in [9.17, 15) is 4.79 Å². The highest BCUT2D eigenvalue weighted by atomic mass is 79.9. The molecule has 1 aromatic carbocycles. The van der Waals surface area contributed by atoms with Gasteiger partial charge in [0.05, 0.1) is 6.54 Å². The Labute approximate surface area is 140 Å². The van der Waals surface area contributed by atoms with E-state index >= 15 is 0 Å². The molecule has 118 valence electrons. The summed E-state index contributed by atoms with van der Waals surface area (Å²) in [7, 11) is 0. The molecule has 1 fully saturated rings. The zero-order valence-corrected chi connectivity index (χ0v) is 14.3. The van der Waals surface area contributed by atoms with Gasteiger partial charge in [0.15, 0.2) is 0 Å². The molecule has 6 heteroatoms. The number of rotatable bonds is 6. The van der Waals surface area contributed by atoms with Gasteiger partial charge in [-0.05, 0) is 43.0 Å². The third-order valence-electron chi connectivity index (χ3n) is 3.67. The first-order valence-electron chi connectivity index (χ1n) is 7.06. The molecule has 21 heavy (non-hydrogen) atoms. The van der Waals surface area contributed by atoms with Crippen LogP contribution in [0.1, 0.15) is 25.7 Å². The van der Waals surface area contributed by atoms with Crippen molar-refractivity contribution >= 4 is 34.2 Å². The first kappa shape index (κ1) is 18.3. The number of amides is 1. The molecule has 4 nitrogen and oxygen atoms in total. The van der Waals surface area contributed by atoms with Gasteiger partial charge in [-0.3, -0.25) is 4.79 Å². The van der Waals surface area contributed by atoms with Crippen molar-refractivity contribution in [1.82, 2.24) is 5.32 Å². The van der Waals surface area contributed by atoms with Crippen molar-refractivity contribution < 1.29 is 9.53 Å². The highest BCUT2D eigenvalue weighted by Crippen LogP contribution is 2.26. The lowest BCUT2D eigenvalue weighted by atomic mass is 10.00. The van der Waals surface area contributed by atoms with Crippen molar-refractivity contribution in [3.63, 3.8) is 0 Å². The topological polar surface area (TPSA) is 64.4 Å². The lowest BCUT2D eigenvalue weighted by molar-refractivity contribution is -0.122. The van der Waals surface area contributed by atoms with Gasteiger partial charge in [-0.2, -0.15) is 0 Å². The third kappa shape index (κ3) is 6.24. The van der Waals surface area contributed by atoms with Crippen LogP contribution in [0.3, 0.4) is 0 Å². The zero-order chi connectivity index (χ0) is 14.4. The van der Waals surface area contributed by atoms with E-state index < -0.39 is 0 Å². The summed E-state index contributed by atoms with van der Waals surface area (Å²) in [6, 6.07) is 7.83. The molecule has 3 N–H and O–H groups in total. The Morgan fingerprint density at radius 3 is 2.67 bits per heavy atom. The Bertz CT molecular complexity index is 442. The minimum absolute atomic E-state index is 0. The molecule has 1 aromatic rings. The largest absolute Gasteiger partial charge is 0.492 e. The molecule has 0 aliphatic heterocycles. The monoisotopic (exact) mass is 376 g/mol. The molecule has 0 saturated heterocycles. The van der Waals surface area contributed by atoms with Gasteiger partial charge < -0.3 is 15.8 Å². The van der Waals surface area contributed by atoms with Gasteiger partial charge in [0, 0.05) is 16.9 Å². The summed E-state index contributed by atoms with van der Waals surface area (Å²) >= 11 is 3.37. The number of nitrogens with two attached hydrogens (primary N) is 1. The van der Waals surface area contributed by atoms with Crippen LogP contribution in [0.2, 0.25) is 0 Å². The van der Waals surface area contributed by atoms with Gasteiger partial charge >= 0.3 is 0 Å². The van der Waals surface area contributed by atoms with E-state index in [2.05, 4.69) is 21.2 Å². The van der Waals surface area contributed by atoms with Crippen molar-refractivity contribution in [1.29, 1.82) is 0 Å². The average Bonchev–Trinajstić information content (AvgIpc) is 2.82. The van der Waals surface area contributed by atoms with Crippen LogP contribution in [0.15, 0.2) is 28.7 Å². The summed E-state index contributed by atoms with van der Waals surface area (Å²) in [5.74, 6) is 1.23. The van der Waals surface area contributed by atoms with Gasteiger partial charge in [0.25, 0.3) is 0 Å². The standard InChI is InChI=1S/C15H21BrN2O2.ClH/c16-12-4-6-13(7-5-12)20-9-8-18-15(19)10-11-2-1-3-14(11)17;/h4-7,11,14H,1-3,8-10,17H2,(H,18,19);1H/t11-,14+;/m0./s1. The molecule has 2 rings (SSSR count). The van der Waals surface area contributed by atoms with Crippen LogP contribution < -0.4 is 15.8 Å². The molecule has 1 aliphatic carbocycles. The first-order valence-corrected chi connectivity index (χ1v) is 7.85. The fraction of sp³-hybridized carbons (Fsp3) is 0.533. The predicted octanol–water partition coefficient (Wildman–Crippen LogP) is 2.88. The minimum Gasteiger partial charge on any atom is -0.492 e. The van der Waals surface area contributed by atoms with Crippen LogP contribution in [-0.4, -0.2) is 25.1 Å². The van der Waals surface area contributed by atoms with Gasteiger partial charge in [-0.1, -0.05) is 22.4 Å². The first-order chi connectivity index (χ1) is 9.65. The smallest absolute Gasteiger partial charge is 0.220 e. The maximum absolute atomic E-state index is 11.8. The molecule has 0 radical (unpaired) electrons. The number of nitrogens with one attached hydrogen (secondary N) is 1. The Hall–Kier alpha value is -0.780. The normalized spacial score (nSPS) is 20.7. The van der Waals surface area contributed by atoms with Crippen LogP contribution in [-0.2, 0) is 4.79 Å². The number of benzene rings is 1. The summed E-state index contributed by atoms with van der Waals surface area (Å²) in [4.78, 5) is 11.8. The Morgan fingerprint density at radius 1 is 1.33 bits per heavy atom. The quantitative estimate of drug-likeness (QED) is 0.749. The molecule has 2 atom stereocenters. The molecule has 1 amide bonds. The van der Waals surface area contributed by atoms with Crippen LogP contribution in [0.5, 0.6) is 5.75 Å². The number of ether oxygens (including phenoxy) is 1. The van der Waals surface area contributed by atoms with Crippen LogP contribution in [0, 0.1) is 5.92 Å². The maximum Gasteiger partial charge on any atom is 0.220 e. The van der Waals surface area contributed by atoms with Crippen molar-refractivity contribution in [3.8, 4) is 5.75 Å². The number of carbonyl (C=O) groups is 1. The highest BCUT2D eigenvalue weighted by Gasteiger charge is 2.25. The van der Waals surface area contributed by atoms with Crippen molar-refractivity contribution in [2.24, 2.45) is 11.7 Å². The van der Waals surface area contributed by atoms with Crippen molar-refractivity contribution in [2.45, 2.75) is 31.7 Å². The minimum atomic E-state index is 0. The summed E-state index contributed by atoms with van der Waals surface area (Å²) in [5, 5.41) is 2.88. The van der Waals surface area contributed by atoms with Crippen molar-refractivity contribution in [2.75, 3.05) is 13.2 Å². The lowest BCUT2D eigenvalue weighted by Gasteiger charge is -2.14. The van der Waals surface area contributed by atoms with E-state index in [-0.39, 0.29) is 24.4 Å². The van der Waals surface area contributed by atoms with Crippen molar-refractivity contribution in [3.05, 3.63) is 28.7 Å². The fourth-order valence-corrected chi connectivity index (χ4v) is 2.78. The van der Waals surface area contributed by atoms with Gasteiger partial charge in [-0.15, -0.1) is 12.4 Å². The van der Waals surface area contributed by atoms with E-state index in [0.717, 1.165) is 29.5 Å². The third-order valence-corrected chi connectivity index (χ3v) is 4.20. The van der Waals surface area contributed by atoms with E-state index in [1.165, 1.54) is 0 Å².